The lowest BCUT2D eigenvalue weighted by Gasteiger charge is -2.44. The third-order valence-electron chi connectivity index (χ3n) is 6.93. The van der Waals surface area contributed by atoms with Crippen molar-refractivity contribution in [1.82, 2.24) is 14.5 Å². The van der Waals surface area contributed by atoms with Gasteiger partial charge in [-0.25, -0.2) is 9.78 Å². The second-order valence-corrected chi connectivity index (χ2v) is 8.96. The molecule has 0 bridgehead atoms. The van der Waals surface area contributed by atoms with E-state index in [4.69, 9.17) is 5.73 Å². The molecule has 2 fully saturated rings. The van der Waals surface area contributed by atoms with Gasteiger partial charge in [-0.05, 0) is 43.9 Å². The number of anilines is 1. The normalized spacial score (nSPS) is 19.9. The van der Waals surface area contributed by atoms with E-state index in [0.717, 1.165) is 38.5 Å². The SMILES string of the molecule is Nc1nc2c(c(=O)n1C(C1CCC1)C1CCC1)CCN(C(=O)OC(C(F)(F)F)C(F)(F)F)C2. The van der Waals surface area contributed by atoms with Crippen LogP contribution in [0.1, 0.15) is 55.8 Å². The smallest absolute Gasteiger partial charge is 0.426 e. The second kappa shape index (κ2) is 8.39. The van der Waals surface area contributed by atoms with Crippen molar-refractivity contribution in [2.24, 2.45) is 11.8 Å². The third-order valence-corrected chi connectivity index (χ3v) is 6.93. The Labute approximate surface area is 184 Å². The lowest BCUT2D eigenvalue weighted by molar-refractivity contribution is -0.308. The molecule has 1 aromatic heterocycles. The van der Waals surface area contributed by atoms with E-state index in [2.05, 4.69) is 9.72 Å². The number of ether oxygens (including phenoxy) is 1. The van der Waals surface area contributed by atoms with Crippen LogP contribution >= 0.6 is 0 Å². The Balaban J connectivity index is 1.56. The molecule has 1 aromatic rings. The average molecular weight is 482 g/mol. The summed E-state index contributed by atoms with van der Waals surface area (Å²) in [4.78, 5) is 30.3. The van der Waals surface area contributed by atoms with Crippen LogP contribution in [0.25, 0.3) is 0 Å². The fourth-order valence-electron chi connectivity index (χ4n) is 4.83. The summed E-state index contributed by atoms with van der Waals surface area (Å²) in [5.74, 6) is 0.597. The Morgan fingerprint density at radius 3 is 2.03 bits per heavy atom. The minimum Gasteiger partial charge on any atom is -0.426 e. The molecule has 0 atom stereocenters. The maximum atomic E-state index is 13.3. The summed E-state index contributed by atoms with van der Waals surface area (Å²) in [7, 11) is 0. The number of nitrogens with zero attached hydrogens (tertiary/aromatic N) is 3. The van der Waals surface area contributed by atoms with Crippen LogP contribution in [0.5, 0.6) is 0 Å². The Morgan fingerprint density at radius 2 is 1.58 bits per heavy atom. The number of nitrogen functional groups attached to an aromatic ring is 1. The number of carbonyl (C=O) groups is 1. The highest BCUT2D eigenvalue weighted by Gasteiger charge is 2.60. The lowest BCUT2D eigenvalue weighted by atomic mass is 9.68. The molecule has 1 aliphatic heterocycles. The van der Waals surface area contributed by atoms with E-state index in [9.17, 15) is 35.9 Å². The van der Waals surface area contributed by atoms with Gasteiger partial charge in [-0.2, -0.15) is 26.3 Å². The summed E-state index contributed by atoms with van der Waals surface area (Å²) >= 11 is 0. The number of halogens is 6. The van der Waals surface area contributed by atoms with Gasteiger partial charge in [0.15, 0.2) is 0 Å². The highest BCUT2D eigenvalue weighted by molar-refractivity contribution is 5.68. The maximum Gasteiger partial charge on any atom is 0.434 e. The van der Waals surface area contributed by atoms with Crippen molar-refractivity contribution in [3.63, 3.8) is 0 Å². The Hall–Kier alpha value is -2.47. The molecule has 0 aromatic carbocycles. The lowest BCUT2D eigenvalue weighted by Crippen LogP contribution is -2.49. The van der Waals surface area contributed by atoms with Crippen molar-refractivity contribution in [3.05, 3.63) is 21.6 Å². The first-order chi connectivity index (χ1) is 15.4. The number of aromatic nitrogens is 2. The van der Waals surface area contributed by atoms with E-state index < -0.39 is 31.1 Å². The first-order valence-corrected chi connectivity index (χ1v) is 10.9. The van der Waals surface area contributed by atoms with Crippen molar-refractivity contribution in [1.29, 1.82) is 0 Å². The van der Waals surface area contributed by atoms with E-state index in [0.29, 0.717) is 16.7 Å². The molecule has 7 nitrogen and oxygen atoms in total. The zero-order valence-electron chi connectivity index (χ0n) is 17.6. The summed E-state index contributed by atoms with van der Waals surface area (Å²) in [6.07, 6.45) is -11.6. The number of rotatable bonds is 4. The minimum absolute atomic E-state index is 0.0544. The van der Waals surface area contributed by atoms with Gasteiger partial charge in [0.1, 0.15) is 0 Å². The van der Waals surface area contributed by atoms with E-state index in [-0.39, 0.29) is 41.8 Å². The molecule has 2 heterocycles. The molecule has 184 valence electrons. The number of fused-ring (bicyclic) bond motifs is 1. The summed E-state index contributed by atoms with van der Waals surface area (Å²) in [5.41, 5.74) is 6.11. The quantitative estimate of drug-likeness (QED) is 0.657. The number of hydrogen-bond donors (Lipinski definition) is 1. The number of amides is 1. The highest BCUT2D eigenvalue weighted by atomic mass is 19.4. The van der Waals surface area contributed by atoms with Crippen molar-refractivity contribution in [2.75, 3.05) is 12.3 Å². The van der Waals surface area contributed by atoms with Gasteiger partial charge in [0.2, 0.25) is 5.95 Å². The average Bonchev–Trinajstić information content (AvgIpc) is 2.60. The van der Waals surface area contributed by atoms with Gasteiger partial charge in [0, 0.05) is 18.2 Å². The number of hydrogen-bond acceptors (Lipinski definition) is 5. The summed E-state index contributed by atoms with van der Waals surface area (Å²) in [5, 5.41) is 0. The standard InChI is InChI=1S/C20H24F6N4O3/c21-19(22,23)16(20(24,25)26)33-18(32)29-8-7-12-13(9-29)28-17(27)30(15(12)31)14(10-3-1-4-10)11-5-2-6-11/h10-11,14,16H,1-9H2,(H2,27,28). The first-order valence-electron chi connectivity index (χ1n) is 10.9. The summed E-state index contributed by atoms with van der Waals surface area (Å²) in [6.45, 7) is -0.735. The van der Waals surface area contributed by atoms with Crippen LogP contribution in [0.4, 0.5) is 37.1 Å². The molecule has 2 N–H and O–H groups in total. The molecule has 1 amide bonds. The predicted molar refractivity (Wildman–Crippen MR) is 103 cm³/mol. The van der Waals surface area contributed by atoms with Gasteiger partial charge >= 0.3 is 18.4 Å². The van der Waals surface area contributed by atoms with Crippen LogP contribution in [-0.2, 0) is 17.7 Å². The Kier molecular flexibility index (Phi) is 6.02. The van der Waals surface area contributed by atoms with Crippen molar-refractivity contribution >= 4 is 12.0 Å². The molecule has 0 radical (unpaired) electrons. The number of carbonyl (C=O) groups excluding carboxylic acids is 1. The van der Waals surface area contributed by atoms with Crippen molar-refractivity contribution in [3.8, 4) is 0 Å². The van der Waals surface area contributed by atoms with Gasteiger partial charge in [-0.1, -0.05) is 12.8 Å². The van der Waals surface area contributed by atoms with Crippen molar-refractivity contribution < 1.29 is 35.9 Å². The molecule has 4 rings (SSSR count). The second-order valence-electron chi connectivity index (χ2n) is 8.96. The molecule has 3 aliphatic rings. The number of alkyl halides is 6. The van der Waals surface area contributed by atoms with Crippen LogP contribution in [0.3, 0.4) is 0 Å². The Morgan fingerprint density at radius 1 is 1.03 bits per heavy atom. The topological polar surface area (TPSA) is 90.5 Å². The molecule has 13 heteroatoms. The highest BCUT2D eigenvalue weighted by Crippen LogP contribution is 2.47. The molecule has 0 saturated heterocycles. The van der Waals surface area contributed by atoms with E-state index >= 15 is 0 Å². The van der Waals surface area contributed by atoms with E-state index in [1.807, 2.05) is 0 Å². The number of nitrogens with two attached hydrogens (primary N) is 1. The van der Waals surface area contributed by atoms with Crippen LogP contribution in [-0.4, -0.2) is 45.5 Å². The Bertz CT molecular complexity index is 940. The van der Waals surface area contributed by atoms with Gasteiger partial charge < -0.3 is 15.4 Å². The van der Waals surface area contributed by atoms with Crippen LogP contribution < -0.4 is 11.3 Å². The minimum atomic E-state index is -5.81. The molecule has 2 saturated carbocycles. The maximum absolute atomic E-state index is 13.3. The van der Waals surface area contributed by atoms with E-state index in [1.54, 1.807) is 0 Å². The monoisotopic (exact) mass is 482 g/mol. The van der Waals surface area contributed by atoms with Crippen LogP contribution in [0.2, 0.25) is 0 Å². The van der Waals surface area contributed by atoms with Gasteiger partial charge in [0.25, 0.3) is 11.7 Å². The van der Waals surface area contributed by atoms with Gasteiger partial charge in [-0.3, -0.25) is 9.36 Å². The first kappa shape index (κ1) is 23.7. The van der Waals surface area contributed by atoms with Gasteiger partial charge in [0.05, 0.1) is 12.2 Å². The third kappa shape index (κ3) is 4.50. The molecule has 0 spiro atoms. The molecule has 0 unspecified atom stereocenters. The van der Waals surface area contributed by atoms with E-state index in [1.165, 1.54) is 4.57 Å². The van der Waals surface area contributed by atoms with Crippen molar-refractivity contribution in [2.45, 2.75) is 76.0 Å². The van der Waals surface area contributed by atoms with Gasteiger partial charge in [-0.15, -0.1) is 0 Å². The molecule has 2 aliphatic carbocycles. The fourth-order valence-corrected chi connectivity index (χ4v) is 4.83. The van der Waals surface area contributed by atoms with Crippen LogP contribution in [0.15, 0.2) is 4.79 Å². The predicted octanol–water partition coefficient (Wildman–Crippen LogP) is 3.95. The molecular formula is C20H24F6N4O3. The zero-order chi connectivity index (χ0) is 24.1. The summed E-state index contributed by atoms with van der Waals surface area (Å²) in [6, 6.07) is -0.0693. The van der Waals surface area contributed by atoms with Crippen LogP contribution in [0, 0.1) is 11.8 Å². The largest absolute Gasteiger partial charge is 0.434 e. The summed E-state index contributed by atoms with van der Waals surface area (Å²) < 4.78 is 81.6. The fraction of sp³-hybridized carbons (Fsp3) is 0.750. The molecule has 33 heavy (non-hydrogen) atoms. The molecular weight excluding hydrogens is 458 g/mol. The zero-order valence-corrected chi connectivity index (χ0v) is 17.6.